The van der Waals surface area contributed by atoms with E-state index in [1.807, 2.05) is 13.8 Å². The third kappa shape index (κ3) is 5.21. The number of hydrogen-bond donors (Lipinski definition) is 0. The Morgan fingerprint density at radius 3 is 2.23 bits per heavy atom. The van der Waals surface area contributed by atoms with Crippen molar-refractivity contribution in [3.8, 4) is 0 Å². The van der Waals surface area contributed by atoms with Crippen molar-refractivity contribution in [2.75, 3.05) is 32.7 Å². The van der Waals surface area contributed by atoms with Crippen molar-refractivity contribution < 1.29 is 32.3 Å². The molecule has 3 rings (SSSR count). The summed E-state index contributed by atoms with van der Waals surface area (Å²) in [5.41, 5.74) is -2.60. The molecule has 2 heterocycles. The quantitative estimate of drug-likeness (QED) is 0.545. The number of amides is 4. The van der Waals surface area contributed by atoms with Gasteiger partial charge in [0.1, 0.15) is 0 Å². The average Bonchev–Trinajstić information content (AvgIpc) is 3.08. The van der Waals surface area contributed by atoms with Gasteiger partial charge in [-0.3, -0.25) is 24.1 Å². The Hall–Kier alpha value is -2.91. The van der Waals surface area contributed by atoms with Gasteiger partial charge in [-0.25, -0.2) is 0 Å². The van der Waals surface area contributed by atoms with Crippen molar-refractivity contribution in [1.29, 1.82) is 0 Å². The summed E-state index contributed by atoms with van der Waals surface area (Å²) in [5, 5.41) is 0. The second-order valence-corrected chi connectivity index (χ2v) is 9.12. The third-order valence-corrected chi connectivity index (χ3v) is 7.19. The van der Waals surface area contributed by atoms with E-state index < -0.39 is 41.3 Å². The maximum Gasteiger partial charge on any atom is 0.416 e. The van der Waals surface area contributed by atoms with Gasteiger partial charge in [0.15, 0.2) is 0 Å². The first-order valence-corrected chi connectivity index (χ1v) is 12.1. The Balaban J connectivity index is 1.84. The van der Waals surface area contributed by atoms with Crippen molar-refractivity contribution in [2.45, 2.75) is 58.0 Å². The molecule has 2 aliphatic rings. The van der Waals surface area contributed by atoms with Crippen LogP contribution in [0.15, 0.2) is 24.3 Å². The molecule has 7 nitrogen and oxygen atoms in total. The zero-order chi connectivity index (χ0) is 26.0. The highest BCUT2D eigenvalue weighted by Crippen LogP contribution is 2.42. The van der Waals surface area contributed by atoms with Crippen LogP contribution in [0.25, 0.3) is 0 Å². The lowest BCUT2D eigenvalue weighted by Crippen LogP contribution is -2.47. The van der Waals surface area contributed by atoms with Crippen molar-refractivity contribution >= 4 is 23.6 Å². The highest BCUT2D eigenvalue weighted by Gasteiger charge is 2.54. The Kier molecular flexibility index (Phi) is 7.91. The zero-order valence-electron chi connectivity index (χ0n) is 20.4. The Bertz CT molecular complexity index is 984. The predicted octanol–water partition coefficient (Wildman–Crippen LogP) is 3.22. The first-order chi connectivity index (χ1) is 16.5. The molecule has 2 fully saturated rings. The fourth-order valence-corrected chi connectivity index (χ4v) is 5.12. The normalized spacial score (nSPS) is 21.5. The van der Waals surface area contributed by atoms with Gasteiger partial charge in [-0.05, 0) is 45.2 Å². The minimum Gasteiger partial charge on any atom is -0.343 e. The van der Waals surface area contributed by atoms with Gasteiger partial charge in [0.2, 0.25) is 23.6 Å². The molecule has 1 atom stereocenters. The first-order valence-electron chi connectivity index (χ1n) is 12.1. The van der Waals surface area contributed by atoms with Crippen LogP contribution in [-0.2, 0) is 30.8 Å². The molecule has 35 heavy (non-hydrogen) atoms. The van der Waals surface area contributed by atoms with E-state index >= 15 is 0 Å². The summed E-state index contributed by atoms with van der Waals surface area (Å²) in [6, 6.07) is 4.34. The van der Waals surface area contributed by atoms with E-state index in [2.05, 4.69) is 0 Å². The maximum absolute atomic E-state index is 13.4. The van der Waals surface area contributed by atoms with Crippen LogP contribution in [-0.4, -0.2) is 71.1 Å². The Morgan fingerprint density at radius 1 is 1.09 bits per heavy atom. The molecule has 0 aromatic heterocycles. The lowest BCUT2D eigenvalue weighted by atomic mass is 9.75. The predicted molar refractivity (Wildman–Crippen MR) is 122 cm³/mol. The number of piperidine rings is 1. The van der Waals surface area contributed by atoms with Gasteiger partial charge in [0, 0.05) is 51.5 Å². The zero-order valence-corrected chi connectivity index (χ0v) is 20.4. The maximum atomic E-state index is 13.4. The number of imide groups is 1. The number of halogens is 3. The monoisotopic (exact) mass is 495 g/mol. The molecule has 4 amide bonds. The molecule has 2 saturated heterocycles. The summed E-state index contributed by atoms with van der Waals surface area (Å²) >= 11 is 0. The van der Waals surface area contributed by atoms with E-state index in [0.29, 0.717) is 39.0 Å². The number of likely N-dealkylation sites (N-methyl/N-ethyl adjacent to an activating group) is 1. The van der Waals surface area contributed by atoms with Gasteiger partial charge in [0.25, 0.3) is 0 Å². The SMILES string of the molecule is CCN(CC)C(=O)C1CCN(C(=O)C[C@]2(c3cccc(C(F)(F)F)c3)CC(=O)N(CC)C2=O)CC1. The van der Waals surface area contributed by atoms with Crippen LogP contribution in [0.2, 0.25) is 0 Å². The van der Waals surface area contributed by atoms with Crippen LogP contribution in [0.3, 0.4) is 0 Å². The van der Waals surface area contributed by atoms with Gasteiger partial charge < -0.3 is 9.80 Å². The summed E-state index contributed by atoms with van der Waals surface area (Å²) < 4.78 is 40.2. The van der Waals surface area contributed by atoms with Crippen LogP contribution in [0.1, 0.15) is 57.6 Å². The molecule has 10 heteroatoms. The van der Waals surface area contributed by atoms with Crippen molar-refractivity contribution in [3.05, 3.63) is 35.4 Å². The molecule has 192 valence electrons. The van der Waals surface area contributed by atoms with E-state index in [1.54, 1.807) is 16.7 Å². The van der Waals surface area contributed by atoms with E-state index in [4.69, 9.17) is 0 Å². The molecule has 1 aromatic rings. The van der Waals surface area contributed by atoms with E-state index in [-0.39, 0.29) is 30.4 Å². The molecule has 0 saturated carbocycles. The largest absolute Gasteiger partial charge is 0.416 e. The molecular formula is C25H32F3N3O4. The highest BCUT2D eigenvalue weighted by molar-refractivity contribution is 6.10. The number of hydrogen-bond acceptors (Lipinski definition) is 4. The molecule has 0 N–H and O–H groups in total. The lowest BCUT2D eigenvalue weighted by molar-refractivity contribution is -0.144. The summed E-state index contributed by atoms with van der Waals surface area (Å²) in [7, 11) is 0. The van der Waals surface area contributed by atoms with Crippen molar-refractivity contribution in [3.63, 3.8) is 0 Å². The topological polar surface area (TPSA) is 78.0 Å². The summed E-state index contributed by atoms with van der Waals surface area (Å²) in [6.45, 7) is 7.35. The Labute approximate surface area is 203 Å². The average molecular weight is 496 g/mol. The molecule has 0 unspecified atom stereocenters. The van der Waals surface area contributed by atoms with Gasteiger partial charge in [-0.1, -0.05) is 18.2 Å². The van der Waals surface area contributed by atoms with Gasteiger partial charge >= 0.3 is 6.18 Å². The molecular weight excluding hydrogens is 463 g/mol. The Morgan fingerprint density at radius 2 is 1.71 bits per heavy atom. The fourth-order valence-electron chi connectivity index (χ4n) is 5.12. The van der Waals surface area contributed by atoms with Crippen LogP contribution >= 0.6 is 0 Å². The van der Waals surface area contributed by atoms with Gasteiger partial charge in [-0.2, -0.15) is 13.2 Å². The van der Waals surface area contributed by atoms with Crippen LogP contribution in [0.4, 0.5) is 13.2 Å². The fraction of sp³-hybridized carbons (Fsp3) is 0.600. The van der Waals surface area contributed by atoms with E-state index in [9.17, 15) is 32.3 Å². The lowest BCUT2D eigenvalue weighted by Gasteiger charge is -2.36. The summed E-state index contributed by atoms with van der Waals surface area (Å²) in [4.78, 5) is 56.2. The first kappa shape index (κ1) is 26.7. The second-order valence-electron chi connectivity index (χ2n) is 9.12. The number of carbonyl (C=O) groups excluding carboxylic acids is 4. The molecule has 0 aliphatic carbocycles. The summed E-state index contributed by atoms with van der Waals surface area (Å²) in [6.07, 6.45) is -4.43. The third-order valence-electron chi connectivity index (χ3n) is 7.19. The molecule has 2 aliphatic heterocycles. The van der Waals surface area contributed by atoms with Crippen molar-refractivity contribution in [1.82, 2.24) is 14.7 Å². The highest BCUT2D eigenvalue weighted by atomic mass is 19.4. The molecule has 0 radical (unpaired) electrons. The number of carbonyl (C=O) groups is 4. The van der Waals surface area contributed by atoms with Crippen molar-refractivity contribution in [2.24, 2.45) is 5.92 Å². The number of benzene rings is 1. The number of alkyl halides is 3. The minimum atomic E-state index is -4.63. The smallest absolute Gasteiger partial charge is 0.343 e. The van der Waals surface area contributed by atoms with E-state index in [1.165, 1.54) is 12.1 Å². The van der Waals surface area contributed by atoms with Crippen LogP contribution in [0, 0.1) is 5.92 Å². The van der Waals surface area contributed by atoms with Gasteiger partial charge in [-0.15, -0.1) is 0 Å². The number of rotatable bonds is 7. The molecule has 0 bridgehead atoms. The van der Waals surface area contributed by atoms with Crippen LogP contribution in [0.5, 0.6) is 0 Å². The second kappa shape index (κ2) is 10.4. The standard InChI is InChI=1S/C25H32F3N3O4/c1-4-29(5-2)22(34)17-10-12-30(13-11-17)20(32)15-24(16-21(33)31(6-3)23(24)35)18-8-7-9-19(14-18)25(26,27)28/h7-9,14,17H,4-6,10-13,15-16H2,1-3H3/t24-/m1/s1. The molecule has 1 aromatic carbocycles. The van der Waals surface area contributed by atoms with E-state index in [0.717, 1.165) is 17.0 Å². The number of likely N-dealkylation sites (tertiary alicyclic amines) is 2. The minimum absolute atomic E-state index is 0.0153. The van der Waals surface area contributed by atoms with Gasteiger partial charge in [0.05, 0.1) is 11.0 Å². The number of nitrogens with zero attached hydrogens (tertiary/aromatic N) is 3. The van der Waals surface area contributed by atoms with Crippen LogP contribution < -0.4 is 0 Å². The molecule has 0 spiro atoms. The summed E-state index contributed by atoms with van der Waals surface area (Å²) in [5.74, 6) is -1.70.